The minimum Gasteiger partial charge on any atom is -0.489 e. The predicted octanol–water partition coefficient (Wildman–Crippen LogP) is 4.36. The normalized spacial score (nSPS) is 10.7. The molecule has 0 aliphatic rings. The molecule has 1 N–H and O–H groups in total. The van der Waals surface area contributed by atoms with Crippen LogP contribution in [-0.4, -0.2) is 18.7 Å². The second kappa shape index (κ2) is 10.7. The molecule has 3 aromatic carbocycles. The Bertz CT molecular complexity index is 938. The molecule has 0 aliphatic heterocycles. The van der Waals surface area contributed by atoms with Crippen LogP contribution in [0.15, 0.2) is 84.0 Å². The second-order valence-electron chi connectivity index (χ2n) is 6.43. The van der Waals surface area contributed by atoms with Gasteiger partial charge in [0.15, 0.2) is 6.61 Å². The molecule has 5 heteroatoms. The Morgan fingerprint density at radius 2 is 1.66 bits per heavy atom. The van der Waals surface area contributed by atoms with Crippen LogP contribution in [0.2, 0.25) is 0 Å². The van der Waals surface area contributed by atoms with Crippen molar-refractivity contribution in [1.29, 1.82) is 0 Å². The second-order valence-corrected chi connectivity index (χ2v) is 6.43. The summed E-state index contributed by atoms with van der Waals surface area (Å²) in [5, 5.41) is 3.97. The van der Waals surface area contributed by atoms with Gasteiger partial charge in [-0.1, -0.05) is 49.4 Å². The molecule has 0 aromatic heterocycles. The van der Waals surface area contributed by atoms with E-state index in [9.17, 15) is 4.79 Å². The molecule has 1 amide bonds. The van der Waals surface area contributed by atoms with Gasteiger partial charge in [0.05, 0.1) is 6.21 Å². The smallest absolute Gasteiger partial charge is 0.277 e. The fraction of sp³-hybridized carbons (Fsp3) is 0.167. The van der Waals surface area contributed by atoms with Gasteiger partial charge in [0, 0.05) is 0 Å². The topological polar surface area (TPSA) is 59.9 Å². The van der Waals surface area contributed by atoms with Crippen LogP contribution in [0.5, 0.6) is 11.5 Å². The maximum atomic E-state index is 11.9. The van der Waals surface area contributed by atoms with Gasteiger partial charge in [0.2, 0.25) is 0 Å². The van der Waals surface area contributed by atoms with E-state index in [0.29, 0.717) is 12.4 Å². The van der Waals surface area contributed by atoms with Gasteiger partial charge in [-0.2, -0.15) is 5.10 Å². The summed E-state index contributed by atoms with van der Waals surface area (Å²) in [6.45, 7) is 2.50. The molecule has 5 nitrogen and oxygen atoms in total. The number of amides is 1. The molecule has 0 saturated carbocycles. The summed E-state index contributed by atoms with van der Waals surface area (Å²) >= 11 is 0. The van der Waals surface area contributed by atoms with Gasteiger partial charge in [-0.15, -0.1) is 0 Å². The fourth-order valence-electron chi connectivity index (χ4n) is 2.61. The van der Waals surface area contributed by atoms with E-state index < -0.39 is 0 Å². The number of hydrogen-bond donors (Lipinski definition) is 1. The van der Waals surface area contributed by atoms with Crippen molar-refractivity contribution in [3.63, 3.8) is 0 Å². The summed E-state index contributed by atoms with van der Waals surface area (Å²) < 4.78 is 11.2. The minimum atomic E-state index is -0.314. The van der Waals surface area contributed by atoms with Crippen LogP contribution in [0.3, 0.4) is 0 Å². The zero-order chi connectivity index (χ0) is 20.3. The van der Waals surface area contributed by atoms with Crippen LogP contribution >= 0.6 is 0 Å². The van der Waals surface area contributed by atoms with Crippen LogP contribution in [0.1, 0.15) is 23.6 Å². The number of hydrazone groups is 1. The third-order valence-corrected chi connectivity index (χ3v) is 4.21. The third-order valence-electron chi connectivity index (χ3n) is 4.21. The van der Waals surface area contributed by atoms with Crippen molar-refractivity contribution < 1.29 is 14.3 Å². The molecule has 0 bridgehead atoms. The first-order valence-corrected chi connectivity index (χ1v) is 9.53. The Kier molecular flexibility index (Phi) is 7.41. The molecular weight excluding hydrogens is 364 g/mol. The highest BCUT2D eigenvalue weighted by molar-refractivity contribution is 5.83. The molecule has 3 aromatic rings. The number of ether oxygens (including phenoxy) is 2. The zero-order valence-electron chi connectivity index (χ0n) is 16.4. The van der Waals surface area contributed by atoms with E-state index in [1.165, 1.54) is 0 Å². The summed E-state index contributed by atoms with van der Waals surface area (Å²) in [5.41, 5.74) is 5.60. The van der Waals surface area contributed by atoms with E-state index >= 15 is 0 Å². The lowest BCUT2D eigenvalue weighted by atomic mass is 10.2. The molecule has 0 radical (unpaired) electrons. The standard InChI is InChI=1S/C24H24N2O3/c1-2-19-9-6-10-23(15-19)29-18-24(27)26-25-16-20-11-13-22(14-12-20)28-17-21-7-4-3-5-8-21/h3-16H,2,17-18H2,1H3,(H,26,27)/b25-16+. The lowest BCUT2D eigenvalue weighted by Crippen LogP contribution is -2.24. The molecular formula is C24H24N2O3. The number of rotatable bonds is 9. The first-order chi connectivity index (χ1) is 14.2. The highest BCUT2D eigenvalue weighted by Crippen LogP contribution is 2.14. The average Bonchev–Trinajstić information content (AvgIpc) is 2.78. The van der Waals surface area contributed by atoms with Crippen molar-refractivity contribution in [3.05, 3.63) is 95.6 Å². The van der Waals surface area contributed by atoms with Crippen LogP contribution < -0.4 is 14.9 Å². The highest BCUT2D eigenvalue weighted by Gasteiger charge is 2.02. The molecule has 0 aliphatic carbocycles. The lowest BCUT2D eigenvalue weighted by molar-refractivity contribution is -0.123. The maximum Gasteiger partial charge on any atom is 0.277 e. The summed E-state index contributed by atoms with van der Waals surface area (Å²) in [6, 6.07) is 25.2. The number of carbonyl (C=O) groups is 1. The van der Waals surface area contributed by atoms with Gasteiger partial charge >= 0.3 is 0 Å². The van der Waals surface area contributed by atoms with E-state index in [1.807, 2.05) is 78.9 Å². The first kappa shape index (κ1) is 20.1. The highest BCUT2D eigenvalue weighted by atomic mass is 16.5. The molecule has 0 fully saturated rings. The third kappa shape index (κ3) is 6.81. The predicted molar refractivity (Wildman–Crippen MR) is 114 cm³/mol. The lowest BCUT2D eigenvalue weighted by Gasteiger charge is -2.07. The van der Waals surface area contributed by atoms with Crippen LogP contribution in [0.25, 0.3) is 0 Å². The van der Waals surface area contributed by atoms with E-state index in [4.69, 9.17) is 9.47 Å². The number of benzene rings is 3. The molecule has 29 heavy (non-hydrogen) atoms. The van der Waals surface area contributed by atoms with Gasteiger partial charge in [-0.05, 0) is 59.5 Å². The SMILES string of the molecule is CCc1cccc(OCC(=O)N/N=C/c2ccc(OCc3ccccc3)cc2)c1. The summed E-state index contributed by atoms with van der Waals surface area (Å²) in [4.78, 5) is 11.9. The Hall–Kier alpha value is -3.60. The Morgan fingerprint density at radius 1 is 0.897 bits per heavy atom. The largest absolute Gasteiger partial charge is 0.489 e. The Labute approximate surface area is 171 Å². The summed E-state index contributed by atoms with van der Waals surface area (Å²) in [6.07, 6.45) is 2.50. The van der Waals surface area contributed by atoms with E-state index in [2.05, 4.69) is 17.5 Å². The molecule has 0 atom stereocenters. The first-order valence-electron chi connectivity index (χ1n) is 9.53. The van der Waals surface area contributed by atoms with Gasteiger partial charge in [-0.3, -0.25) is 4.79 Å². The molecule has 0 unspecified atom stereocenters. The molecule has 148 valence electrons. The quantitative estimate of drug-likeness (QED) is 0.438. The van der Waals surface area contributed by atoms with E-state index in [-0.39, 0.29) is 12.5 Å². The van der Waals surface area contributed by atoms with Gasteiger partial charge < -0.3 is 9.47 Å². The maximum absolute atomic E-state index is 11.9. The minimum absolute atomic E-state index is 0.0865. The van der Waals surface area contributed by atoms with Gasteiger partial charge in [-0.25, -0.2) is 5.43 Å². The molecule has 3 rings (SSSR count). The molecule has 0 saturated heterocycles. The Balaban J connectivity index is 1.41. The molecule has 0 spiro atoms. The van der Waals surface area contributed by atoms with E-state index in [1.54, 1.807) is 6.21 Å². The monoisotopic (exact) mass is 388 g/mol. The van der Waals surface area contributed by atoms with Crippen LogP contribution in [0.4, 0.5) is 0 Å². The summed E-state index contributed by atoms with van der Waals surface area (Å²) in [5.74, 6) is 1.14. The number of hydrogen-bond acceptors (Lipinski definition) is 4. The van der Waals surface area contributed by atoms with Crippen LogP contribution in [0, 0.1) is 0 Å². The zero-order valence-corrected chi connectivity index (χ0v) is 16.4. The summed E-state index contributed by atoms with van der Waals surface area (Å²) in [7, 11) is 0. The van der Waals surface area contributed by atoms with Crippen molar-refractivity contribution in [2.75, 3.05) is 6.61 Å². The number of nitrogens with one attached hydrogen (secondary N) is 1. The van der Waals surface area contributed by atoms with E-state index in [0.717, 1.165) is 28.9 Å². The average molecular weight is 388 g/mol. The molecule has 0 heterocycles. The number of carbonyl (C=O) groups excluding carboxylic acids is 1. The van der Waals surface area contributed by atoms with Crippen molar-refractivity contribution in [2.24, 2.45) is 5.10 Å². The van der Waals surface area contributed by atoms with Gasteiger partial charge in [0.1, 0.15) is 18.1 Å². The Morgan fingerprint density at radius 3 is 2.41 bits per heavy atom. The fourth-order valence-corrected chi connectivity index (χ4v) is 2.61. The van der Waals surface area contributed by atoms with Crippen LogP contribution in [-0.2, 0) is 17.8 Å². The number of aryl methyl sites for hydroxylation is 1. The van der Waals surface area contributed by atoms with Crippen molar-refractivity contribution in [1.82, 2.24) is 5.43 Å². The van der Waals surface area contributed by atoms with Crippen molar-refractivity contribution >= 4 is 12.1 Å². The van der Waals surface area contributed by atoms with Crippen molar-refractivity contribution in [3.8, 4) is 11.5 Å². The van der Waals surface area contributed by atoms with Crippen molar-refractivity contribution in [2.45, 2.75) is 20.0 Å². The number of nitrogens with zero attached hydrogens (tertiary/aromatic N) is 1. The van der Waals surface area contributed by atoms with Gasteiger partial charge in [0.25, 0.3) is 5.91 Å².